The molecule has 4 rings (SSSR count). The zero-order valence-electron chi connectivity index (χ0n) is 25.0. The number of carbonyl (C=O) groups is 2. The quantitative estimate of drug-likeness (QED) is 0.273. The largest absolute Gasteiger partial charge is 0.494 e. The number of benzene rings is 3. The fourth-order valence-corrected chi connectivity index (χ4v) is 6.85. The second-order valence-electron chi connectivity index (χ2n) is 10.8. The molecule has 1 aliphatic rings. The van der Waals surface area contributed by atoms with Gasteiger partial charge in [-0.25, -0.2) is 12.8 Å². The molecule has 0 spiro atoms. The fraction of sp³-hybridized carbons (Fsp3) is 0.394. The van der Waals surface area contributed by atoms with Crippen molar-refractivity contribution in [2.75, 3.05) is 17.5 Å². The Hall–Kier alpha value is -3.92. The molecule has 3 aromatic rings. The highest BCUT2D eigenvalue weighted by Crippen LogP contribution is 2.27. The smallest absolute Gasteiger partial charge is 0.264 e. The maximum absolute atomic E-state index is 14.2. The molecule has 43 heavy (non-hydrogen) atoms. The van der Waals surface area contributed by atoms with E-state index in [9.17, 15) is 22.4 Å². The zero-order chi connectivity index (χ0) is 31.0. The van der Waals surface area contributed by atoms with E-state index < -0.39 is 34.3 Å². The summed E-state index contributed by atoms with van der Waals surface area (Å²) in [7, 11) is -4.27. The van der Waals surface area contributed by atoms with Crippen LogP contribution >= 0.6 is 0 Å². The third-order valence-electron chi connectivity index (χ3n) is 7.64. The molecule has 1 fully saturated rings. The number of anilines is 1. The SMILES string of the molecule is CCOc1ccc(S(=O)(=O)N(CC(=O)N(Cc2cccc(C)c2)[C@H](CC)C(=O)NC2CCCC2)c2ccc(F)cc2)cc1. The summed E-state index contributed by atoms with van der Waals surface area (Å²) >= 11 is 0. The van der Waals surface area contributed by atoms with Crippen molar-refractivity contribution in [3.05, 3.63) is 89.7 Å². The van der Waals surface area contributed by atoms with Gasteiger partial charge in [0.05, 0.1) is 17.2 Å². The van der Waals surface area contributed by atoms with E-state index in [0.29, 0.717) is 18.8 Å². The van der Waals surface area contributed by atoms with Crippen molar-refractivity contribution in [1.29, 1.82) is 0 Å². The number of hydrogen-bond donors (Lipinski definition) is 1. The summed E-state index contributed by atoms with van der Waals surface area (Å²) in [5, 5.41) is 3.11. The summed E-state index contributed by atoms with van der Waals surface area (Å²) < 4.78 is 48.3. The maximum atomic E-state index is 14.2. The molecule has 10 heteroatoms. The number of rotatable bonds is 13. The summed E-state index contributed by atoms with van der Waals surface area (Å²) in [6, 6.07) is 17.8. The second kappa shape index (κ2) is 14.5. The van der Waals surface area contributed by atoms with Crippen LogP contribution in [-0.4, -0.2) is 50.4 Å². The highest BCUT2D eigenvalue weighted by molar-refractivity contribution is 7.92. The molecule has 8 nitrogen and oxygen atoms in total. The Morgan fingerprint density at radius 3 is 2.28 bits per heavy atom. The summed E-state index contributed by atoms with van der Waals surface area (Å²) in [6.07, 6.45) is 4.23. The van der Waals surface area contributed by atoms with Crippen molar-refractivity contribution in [2.45, 2.75) is 76.4 Å². The van der Waals surface area contributed by atoms with Crippen LogP contribution in [0.5, 0.6) is 5.75 Å². The van der Waals surface area contributed by atoms with Crippen molar-refractivity contribution in [3.63, 3.8) is 0 Å². The Kier molecular flexibility index (Phi) is 10.8. The number of carbonyl (C=O) groups excluding carboxylic acids is 2. The van der Waals surface area contributed by atoms with Crippen LogP contribution in [0.4, 0.5) is 10.1 Å². The Labute approximate surface area is 253 Å². The highest BCUT2D eigenvalue weighted by Gasteiger charge is 2.34. The van der Waals surface area contributed by atoms with Gasteiger partial charge >= 0.3 is 0 Å². The Morgan fingerprint density at radius 2 is 1.67 bits per heavy atom. The molecule has 3 aromatic carbocycles. The first-order valence-electron chi connectivity index (χ1n) is 14.8. The third-order valence-corrected chi connectivity index (χ3v) is 9.43. The minimum absolute atomic E-state index is 0.0515. The normalized spacial score (nSPS) is 14.2. The first kappa shape index (κ1) is 32.0. The van der Waals surface area contributed by atoms with E-state index in [2.05, 4.69) is 5.32 Å². The summed E-state index contributed by atoms with van der Waals surface area (Å²) in [4.78, 5) is 29.1. The van der Waals surface area contributed by atoms with E-state index in [0.717, 1.165) is 53.2 Å². The molecule has 0 aliphatic heterocycles. The maximum Gasteiger partial charge on any atom is 0.264 e. The number of nitrogens with zero attached hydrogens (tertiary/aromatic N) is 2. The number of aryl methyl sites for hydroxylation is 1. The Bertz CT molecular complexity index is 1490. The molecule has 1 aliphatic carbocycles. The number of nitrogens with one attached hydrogen (secondary N) is 1. The van der Waals surface area contributed by atoms with E-state index in [4.69, 9.17) is 4.74 Å². The van der Waals surface area contributed by atoms with Crippen molar-refractivity contribution in [1.82, 2.24) is 10.2 Å². The van der Waals surface area contributed by atoms with Crippen molar-refractivity contribution < 1.29 is 27.1 Å². The van der Waals surface area contributed by atoms with Gasteiger partial charge in [0.1, 0.15) is 24.2 Å². The molecule has 0 unspecified atom stereocenters. The van der Waals surface area contributed by atoms with Crippen LogP contribution in [0.1, 0.15) is 57.1 Å². The number of sulfonamides is 1. The molecular formula is C33H40FN3O5S. The Balaban J connectivity index is 1.70. The minimum atomic E-state index is -4.27. The summed E-state index contributed by atoms with van der Waals surface area (Å²) in [6.45, 7) is 5.57. The van der Waals surface area contributed by atoms with Gasteiger partial charge in [-0.1, -0.05) is 49.6 Å². The number of hydrogen-bond acceptors (Lipinski definition) is 5. The van der Waals surface area contributed by atoms with Crippen LogP contribution in [0.25, 0.3) is 0 Å². The number of amides is 2. The van der Waals surface area contributed by atoms with Crippen LogP contribution in [0, 0.1) is 12.7 Å². The van der Waals surface area contributed by atoms with Gasteiger partial charge in [0.15, 0.2) is 0 Å². The first-order chi connectivity index (χ1) is 20.6. The lowest BCUT2D eigenvalue weighted by molar-refractivity contribution is -0.140. The van der Waals surface area contributed by atoms with Crippen LogP contribution in [0.3, 0.4) is 0 Å². The van der Waals surface area contributed by atoms with Gasteiger partial charge < -0.3 is 15.0 Å². The van der Waals surface area contributed by atoms with Crippen LogP contribution in [0.15, 0.2) is 77.7 Å². The van der Waals surface area contributed by atoms with E-state index in [1.807, 2.05) is 45.0 Å². The predicted molar refractivity (Wildman–Crippen MR) is 165 cm³/mol. The minimum Gasteiger partial charge on any atom is -0.494 e. The standard InChI is InChI=1S/C33H40FN3O5S/c1-4-31(33(39)35-27-11-6-7-12-27)36(22-25-10-8-9-24(3)21-25)32(38)23-37(28-15-13-26(34)14-16-28)43(40,41)30-19-17-29(18-20-30)42-5-2/h8-10,13-21,27,31H,4-7,11-12,22-23H2,1-3H3,(H,35,39)/t31-/m1/s1. The third kappa shape index (κ3) is 8.13. The highest BCUT2D eigenvalue weighted by atomic mass is 32.2. The summed E-state index contributed by atoms with van der Waals surface area (Å²) in [5.41, 5.74) is 1.95. The van der Waals surface area contributed by atoms with Gasteiger partial charge in [-0.2, -0.15) is 0 Å². The molecule has 0 heterocycles. The van der Waals surface area contributed by atoms with Gasteiger partial charge in [-0.05, 0) is 87.2 Å². The first-order valence-corrected chi connectivity index (χ1v) is 16.2. The predicted octanol–water partition coefficient (Wildman–Crippen LogP) is 5.59. The molecule has 2 amide bonds. The molecular weight excluding hydrogens is 569 g/mol. The van der Waals surface area contributed by atoms with Crippen molar-refractivity contribution in [2.24, 2.45) is 0 Å². The Morgan fingerprint density at radius 1 is 1.00 bits per heavy atom. The second-order valence-corrected chi connectivity index (χ2v) is 12.7. The molecule has 230 valence electrons. The molecule has 1 N–H and O–H groups in total. The zero-order valence-corrected chi connectivity index (χ0v) is 25.8. The molecule has 0 radical (unpaired) electrons. The average Bonchev–Trinajstić information content (AvgIpc) is 3.50. The van der Waals surface area contributed by atoms with E-state index in [1.165, 1.54) is 29.2 Å². The topological polar surface area (TPSA) is 96.0 Å². The average molecular weight is 610 g/mol. The lowest BCUT2D eigenvalue weighted by Crippen LogP contribution is -2.53. The molecule has 0 aromatic heterocycles. The van der Waals surface area contributed by atoms with E-state index in [-0.39, 0.29) is 29.1 Å². The molecule has 1 saturated carbocycles. The van der Waals surface area contributed by atoms with Gasteiger partial charge in [0, 0.05) is 12.6 Å². The van der Waals surface area contributed by atoms with Crippen LogP contribution in [-0.2, 0) is 26.2 Å². The monoisotopic (exact) mass is 609 g/mol. The van der Waals surface area contributed by atoms with E-state index >= 15 is 0 Å². The van der Waals surface area contributed by atoms with Gasteiger partial charge in [-0.15, -0.1) is 0 Å². The van der Waals surface area contributed by atoms with Gasteiger partial charge in [0.2, 0.25) is 11.8 Å². The molecule has 0 bridgehead atoms. The molecule has 1 atom stereocenters. The van der Waals surface area contributed by atoms with Gasteiger partial charge in [0.25, 0.3) is 10.0 Å². The van der Waals surface area contributed by atoms with Gasteiger partial charge in [-0.3, -0.25) is 13.9 Å². The van der Waals surface area contributed by atoms with Crippen LogP contribution in [0.2, 0.25) is 0 Å². The van der Waals surface area contributed by atoms with Crippen molar-refractivity contribution >= 4 is 27.5 Å². The van der Waals surface area contributed by atoms with E-state index in [1.54, 1.807) is 12.1 Å². The number of halogens is 1. The van der Waals surface area contributed by atoms with Crippen LogP contribution < -0.4 is 14.4 Å². The molecule has 0 saturated heterocycles. The fourth-order valence-electron chi connectivity index (χ4n) is 5.43. The lowest BCUT2D eigenvalue weighted by Gasteiger charge is -2.34. The number of ether oxygens (including phenoxy) is 1. The van der Waals surface area contributed by atoms with Crippen molar-refractivity contribution in [3.8, 4) is 5.75 Å². The summed E-state index contributed by atoms with van der Waals surface area (Å²) in [5.74, 6) is -0.828. The lowest BCUT2D eigenvalue weighted by atomic mass is 10.1.